The molecular formula is C21H25N5O2. The first-order valence-corrected chi connectivity index (χ1v) is 9.58. The quantitative estimate of drug-likeness (QED) is 0.853. The molecule has 0 atom stereocenters. The summed E-state index contributed by atoms with van der Waals surface area (Å²) < 4.78 is 0. The largest absolute Gasteiger partial charge is 0.325 e. The van der Waals surface area contributed by atoms with Gasteiger partial charge >= 0.3 is 0 Å². The Bertz CT molecular complexity index is 889. The molecule has 1 amide bonds. The van der Waals surface area contributed by atoms with Crippen molar-refractivity contribution >= 4 is 17.4 Å². The first kappa shape index (κ1) is 18.6. The number of aliphatic imine (C=N–C) groups is 1. The van der Waals surface area contributed by atoms with Crippen LogP contribution in [0.2, 0.25) is 0 Å². The molecule has 0 bridgehead atoms. The summed E-state index contributed by atoms with van der Waals surface area (Å²) in [5.74, 6) is 0.675. The van der Waals surface area contributed by atoms with E-state index >= 15 is 0 Å². The van der Waals surface area contributed by atoms with Crippen molar-refractivity contribution in [3.8, 4) is 0 Å². The topological polar surface area (TPSA) is 78.9 Å². The molecule has 1 aromatic heterocycles. The lowest BCUT2D eigenvalue weighted by atomic mass is 10.0. The van der Waals surface area contributed by atoms with E-state index in [1.165, 1.54) is 5.56 Å². The number of hydroxylamine groups is 1. The van der Waals surface area contributed by atoms with Crippen LogP contribution in [0, 0.1) is 13.8 Å². The van der Waals surface area contributed by atoms with E-state index in [1.54, 1.807) is 6.20 Å². The summed E-state index contributed by atoms with van der Waals surface area (Å²) in [5.41, 5.74) is 6.29. The lowest BCUT2D eigenvalue weighted by Gasteiger charge is -2.35. The fourth-order valence-corrected chi connectivity index (χ4v) is 3.56. The number of amides is 1. The molecule has 2 N–H and O–H groups in total. The molecule has 0 aliphatic carbocycles. The third-order valence-electron chi connectivity index (χ3n) is 5.44. The summed E-state index contributed by atoms with van der Waals surface area (Å²) in [6.07, 6.45) is 3.20. The standard InChI is InChI=1S/C21H25N5O2/c1-15-6-5-8-17(16(15)2)23-19(27)14-26-12-9-21(10-13-26)24-20(25-28-21)18-7-3-4-11-22-18/h3-8,11H,9-10,12-14H2,1-2H3,(H,23,27)(H,24,25). The van der Waals surface area contributed by atoms with Crippen LogP contribution >= 0.6 is 0 Å². The van der Waals surface area contributed by atoms with Crippen LogP contribution in [0.3, 0.4) is 0 Å². The molecular weight excluding hydrogens is 354 g/mol. The van der Waals surface area contributed by atoms with Crippen molar-refractivity contribution in [2.45, 2.75) is 32.4 Å². The van der Waals surface area contributed by atoms with Crippen LogP contribution in [0.15, 0.2) is 47.6 Å². The molecule has 7 nitrogen and oxygen atoms in total. The minimum atomic E-state index is -0.563. The molecule has 2 aliphatic rings. The van der Waals surface area contributed by atoms with Crippen molar-refractivity contribution in [1.82, 2.24) is 15.4 Å². The van der Waals surface area contributed by atoms with Crippen LogP contribution in [-0.4, -0.2) is 47.0 Å². The van der Waals surface area contributed by atoms with Gasteiger partial charge in [0.05, 0.1) is 6.54 Å². The van der Waals surface area contributed by atoms with Crippen LogP contribution in [0.4, 0.5) is 5.69 Å². The summed E-state index contributed by atoms with van der Waals surface area (Å²) in [6, 6.07) is 11.7. The third kappa shape index (κ3) is 3.90. The van der Waals surface area contributed by atoms with E-state index in [0.717, 1.165) is 42.9 Å². The first-order valence-electron chi connectivity index (χ1n) is 9.58. The molecule has 146 valence electrons. The number of nitrogens with zero attached hydrogens (tertiary/aromatic N) is 3. The van der Waals surface area contributed by atoms with Gasteiger partial charge in [-0.05, 0) is 43.2 Å². The van der Waals surface area contributed by atoms with E-state index in [0.29, 0.717) is 12.4 Å². The highest BCUT2D eigenvalue weighted by Gasteiger charge is 2.40. The molecule has 1 spiro atoms. The molecule has 7 heteroatoms. The summed E-state index contributed by atoms with van der Waals surface area (Å²) in [4.78, 5) is 29.5. The van der Waals surface area contributed by atoms with Crippen molar-refractivity contribution in [2.75, 3.05) is 25.0 Å². The average molecular weight is 379 g/mol. The number of carbonyl (C=O) groups is 1. The Morgan fingerprint density at radius 3 is 2.79 bits per heavy atom. The predicted molar refractivity (Wildman–Crippen MR) is 108 cm³/mol. The number of rotatable bonds is 4. The van der Waals surface area contributed by atoms with Crippen molar-refractivity contribution in [1.29, 1.82) is 0 Å². The zero-order chi connectivity index (χ0) is 19.6. The molecule has 0 unspecified atom stereocenters. The Labute approximate surface area is 164 Å². The van der Waals surface area contributed by atoms with E-state index < -0.39 is 5.72 Å². The van der Waals surface area contributed by atoms with Gasteiger partial charge in [-0.15, -0.1) is 0 Å². The van der Waals surface area contributed by atoms with Gasteiger partial charge in [0.1, 0.15) is 5.69 Å². The number of aromatic nitrogens is 1. The first-order chi connectivity index (χ1) is 13.5. The van der Waals surface area contributed by atoms with Crippen molar-refractivity contribution in [3.63, 3.8) is 0 Å². The van der Waals surface area contributed by atoms with Gasteiger partial charge in [0.25, 0.3) is 0 Å². The Hall–Kier alpha value is -2.77. The number of benzene rings is 1. The average Bonchev–Trinajstić information content (AvgIpc) is 3.12. The van der Waals surface area contributed by atoms with Crippen LogP contribution in [-0.2, 0) is 9.63 Å². The summed E-state index contributed by atoms with van der Waals surface area (Å²) in [5, 5.41) is 3.03. The van der Waals surface area contributed by atoms with Crippen LogP contribution in [0.25, 0.3) is 0 Å². The highest BCUT2D eigenvalue weighted by atomic mass is 16.7. The minimum Gasteiger partial charge on any atom is -0.325 e. The van der Waals surface area contributed by atoms with Crippen molar-refractivity contribution in [2.24, 2.45) is 4.99 Å². The summed E-state index contributed by atoms with van der Waals surface area (Å²) in [7, 11) is 0. The van der Waals surface area contributed by atoms with E-state index in [1.807, 2.05) is 50.2 Å². The zero-order valence-electron chi connectivity index (χ0n) is 16.2. The number of pyridine rings is 1. The third-order valence-corrected chi connectivity index (χ3v) is 5.44. The Morgan fingerprint density at radius 2 is 2.04 bits per heavy atom. The van der Waals surface area contributed by atoms with Gasteiger partial charge in [-0.1, -0.05) is 18.2 Å². The highest BCUT2D eigenvalue weighted by molar-refractivity contribution is 5.97. The van der Waals surface area contributed by atoms with E-state index in [-0.39, 0.29) is 5.91 Å². The maximum absolute atomic E-state index is 12.5. The maximum atomic E-state index is 12.5. The number of hydrogen-bond acceptors (Lipinski definition) is 6. The fourth-order valence-electron chi connectivity index (χ4n) is 3.56. The molecule has 2 aromatic rings. The lowest BCUT2D eigenvalue weighted by molar-refractivity contribution is -0.120. The van der Waals surface area contributed by atoms with Gasteiger partial charge in [0, 0.05) is 37.8 Å². The lowest BCUT2D eigenvalue weighted by Crippen LogP contribution is -2.46. The molecule has 1 aromatic carbocycles. The van der Waals surface area contributed by atoms with Crippen LogP contribution in [0.1, 0.15) is 29.7 Å². The van der Waals surface area contributed by atoms with Crippen molar-refractivity contribution in [3.05, 3.63) is 59.4 Å². The van der Waals surface area contributed by atoms with Gasteiger partial charge in [-0.3, -0.25) is 14.7 Å². The van der Waals surface area contributed by atoms with Gasteiger partial charge in [0.2, 0.25) is 5.91 Å². The van der Waals surface area contributed by atoms with Gasteiger partial charge in [0.15, 0.2) is 11.6 Å². The number of amidine groups is 1. The number of carbonyl (C=O) groups excluding carboxylic acids is 1. The zero-order valence-corrected chi connectivity index (χ0v) is 16.2. The number of hydrogen-bond donors (Lipinski definition) is 2. The SMILES string of the molecule is Cc1cccc(NC(=O)CN2CCC3(CC2)N=C(c2ccccn2)NO3)c1C. The second kappa shape index (κ2) is 7.69. The number of anilines is 1. The molecule has 4 rings (SSSR count). The number of likely N-dealkylation sites (tertiary alicyclic amines) is 1. The van der Waals surface area contributed by atoms with Crippen LogP contribution < -0.4 is 10.8 Å². The van der Waals surface area contributed by atoms with Gasteiger partial charge in [-0.2, -0.15) is 0 Å². The van der Waals surface area contributed by atoms with E-state index in [9.17, 15) is 4.79 Å². The normalized spacial score (nSPS) is 18.6. The molecule has 2 aliphatic heterocycles. The Morgan fingerprint density at radius 1 is 1.21 bits per heavy atom. The fraction of sp³-hybridized carbons (Fsp3) is 0.381. The van der Waals surface area contributed by atoms with E-state index in [2.05, 4.69) is 20.7 Å². The van der Waals surface area contributed by atoms with Crippen molar-refractivity contribution < 1.29 is 9.63 Å². The number of piperidine rings is 1. The maximum Gasteiger partial charge on any atom is 0.238 e. The van der Waals surface area contributed by atoms with Gasteiger partial charge < -0.3 is 5.32 Å². The van der Waals surface area contributed by atoms with Crippen LogP contribution in [0.5, 0.6) is 0 Å². The number of aryl methyl sites for hydroxylation is 1. The molecule has 0 saturated carbocycles. The Kier molecular flexibility index (Phi) is 5.11. The summed E-state index contributed by atoms with van der Waals surface area (Å²) >= 11 is 0. The second-order valence-corrected chi connectivity index (χ2v) is 7.40. The minimum absolute atomic E-state index is 0.00721. The van der Waals surface area contributed by atoms with E-state index in [4.69, 9.17) is 9.83 Å². The molecule has 0 radical (unpaired) electrons. The molecule has 1 saturated heterocycles. The second-order valence-electron chi connectivity index (χ2n) is 7.40. The smallest absolute Gasteiger partial charge is 0.238 e. The number of nitrogens with one attached hydrogen (secondary N) is 2. The molecule has 28 heavy (non-hydrogen) atoms. The molecule has 1 fully saturated rings. The highest BCUT2D eigenvalue weighted by Crippen LogP contribution is 2.30. The predicted octanol–water partition coefficient (Wildman–Crippen LogP) is 2.41. The monoisotopic (exact) mass is 379 g/mol. The molecule has 3 heterocycles. The van der Waals surface area contributed by atoms with Gasteiger partial charge in [-0.25, -0.2) is 15.3 Å². The Balaban J connectivity index is 1.33. The summed E-state index contributed by atoms with van der Waals surface area (Å²) in [6.45, 7) is 5.94.